The van der Waals surface area contributed by atoms with Gasteiger partial charge in [-0.3, -0.25) is 9.59 Å². The second-order valence-corrected chi connectivity index (χ2v) is 6.88. The first-order valence-electron chi connectivity index (χ1n) is 8.77. The summed E-state index contributed by atoms with van der Waals surface area (Å²) in [7, 11) is 0. The smallest absolute Gasteiger partial charge is 0.332 e. The number of nitrogens with zero attached hydrogens (tertiary/aromatic N) is 3. The average Bonchev–Trinajstić information content (AvgIpc) is 3.30. The molecule has 2 aromatic heterocycles. The zero-order chi connectivity index (χ0) is 18.7. The third-order valence-electron chi connectivity index (χ3n) is 5.45. The highest BCUT2D eigenvalue weighted by atomic mass is 16.4. The number of pyridine rings is 1. The molecule has 27 heavy (non-hydrogen) atoms. The van der Waals surface area contributed by atoms with Gasteiger partial charge in [-0.15, -0.1) is 0 Å². The fourth-order valence-corrected chi connectivity index (χ4v) is 4.21. The van der Waals surface area contributed by atoms with E-state index in [4.69, 9.17) is 0 Å². The van der Waals surface area contributed by atoms with Gasteiger partial charge in [0.1, 0.15) is 5.56 Å². The van der Waals surface area contributed by atoms with Gasteiger partial charge in [0.25, 0.3) is 5.91 Å². The number of aliphatic carboxylic acids is 1. The number of amides is 1. The number of aryl methyl sites for hydroxylation is 2. The third kappa shape index (κ3) is 2.16. The Balaban J connectivity index is 1.64. The number of rotatable bonds is 2. The summed E-state index contributed by atoms with van der Waals surface area (Å²) in [5.74, 6) is -1.73. The Hall–Kier alpha value is -3.42. The van der Waals surface area contributed by atoms with Crippen molar-refractivity contribution in [2.45, 2.75) is 25.4 Å². The lowest BCUT2D eigenvalue weighted by atomic mass is 10.0. The molecule has 3 aromatic rings. The Labute approximate surface area is 153 Å². The molecule has 0 radical (unpaired) electrons. The number of aromatic amines is 1. The topological polar surface area (TPSA) is 108 Å². The molecule has 0 bridgehead atoms. The van der Waals surface area contributed by atoms with Gasteiger partial charge in [0.05, 0.1) is 17.5 Å². The number of benzene rings is 1. The summed E-state index contributed by atoms with van der Waals surface area (Å²) < 4.78 is 1.92. The average molecular weight is 364 g/mol. The molecule has 4 heterocycles. The SMILES string of the molecule is O=C(O)C1c2nc[nH]c2CCN1C(=O)c1cn2c3c(cccc3c1=O)CC2. The van der Waals surface area contributed by atoms with E-state index >= 15 is 0 Å². The second kappa shape index (κ2) is 5.54. The largest absolute Gasteiger partial charge is 0.479 e. The normalized spacial score (nSPS) is 17.9. The first-order chi connectivity index (χ1) is 13.1. The summed E-state index contributed by atoms with van der Waals surface area (Å²) in [5.41, 5.74) is 2.65. The van der Waals surface area contributed by atoms with Crippen LogP contribution in [0.15, 0.2) is 35.5 Å². The molecule has 0 spiro atoms. The number of carboxylic acid groups (broad SMARTS) is 1. The molecule has 0 saturated heterocycles. The Bertz CT molecular complexity index is 1180. The van der Waals surface area contributed by atoms with Crippen LogP contribution in [0, 0.1) is 0 Å². The van der Waals surface area contributed by atoms with E-state index in [1.54, 1.807) is 12.3 Å². The summed E-state index contributed by atoms with van der Waals surface area (Å²) in [6.45, 7) is 0.908. The van der Waals surface area contributed by atoms with Crippen molar-refractivity contribution < 1.29 is 14.7 Å². The van der Waals surface area contributed by atoms with Crippen molar-refractivity contribution in [1.82, 2.24) is 19.4 Å². The molecule has 5 rings (SSSR count). The van der Waals surface area contributed by atoms with Gasteiger partial charge in [-0.05, 0) is 18.1 Å². The highest BCUT2D eigenvalue weighted by Gasteiger charge is 2.39. The summed E-state index contributed by atoms with van der Waals surface area (Å²) in [6.07, 6.45) is 4.29. The van der Waals surface area contributed by atoms with Gasteiger partial charge in [-0.1, -0.05) is 12.1 Å². The highest BCUT2D eigenvalue weighted by Crippen LogP contribution is 2.30. The van der Waals surface area contributed by atoms with Gasteiger partial charge in [0, 0.05) is 36.8 Å². The van der Waals surface area contributed by atoms with E-state index in [2.05, 4.69) is 9.97 Å². The Morgan fingerprint density at radius 1 is 1.22 bits per heavy atom. The van der Waals surface area contributed by atoms with Crippen LogP contribution in [0.2, 0.25) is 0 Å². The minimum absolute atomic E-state index is 0.00628. The van der Waals surface area contributed by atoms with Crippen LogP contribution in [-0.2, 0) is 24.2 Å². The quantitative estimate of drug-likeness (QED) is 0.708. The number of carboxylic acids is 1. The molecule has 8 heteroatoms. The molecule has 0 fully saturated rings. The first kappa shape index (κ1) is 15.8. The molecule has 0 aliphatic carbocycles. The second-order valence-electron chi connectivity index (χ2n) is 6.88. The number of hydrogen-bond acceptors (Lipinski definition) is 4. The van der Waals surface area contributed by atoms with Gasteiger partial charge in [0.15, 0.2) is 6.04 Å². The predicted octanol–water partition coefficient (Wildman–Crippen LogP) is 1.10. The van der Waals surface area contributed by atoms with Crippen molar-refractivity contribution in [1.29, 1.82) is 0 Å². The van der Waals surface area contributed by atoms with Gasteiger partial charge in [0.2, 0.25) is 5.43 Å². The fraction of sp³-hybridized carbons (Fsp3) is 0.263. The van der Waals surface area contributed by atoms with Crippen molar-refractivity contribution >= 4 is 22.8 Å². The minimum atomic E-state index is -1.20. The van der Waals surface area contributed by atoms with E-state index in [9.17, 15) is 19.5 Å². The molecule has 1 unspecified atom stereocenters. The number of para-hydroxylation sites is 1. The minimum Gasteiger partial charge on any atom is -0.479 e. The lowest BCUT2D eigenvalue weighted by Crippen LogP contribution is -2.45. The fourth-order valence-electron chi connectivity index (χ4n) is 4.21. The van der Waals surface area contributed by atoms with Gasteiger partial charge in [-0.2, -0.15) is 0 Å². The number of aromatic nitrogens is 3. The zero-order valence-corrected chi connectivity index (χ0v) is 14.3. The highest BCUT2D eigenvalue weighted by molar-refractivity contribution is 6.00. The molecule has 8 nitrogen and oxygen atoms in total. The van der Waals surface area contributed by atoms with E-state index in [0.717, 1.165) is 17.5 Å². The van der Waals surface area contributed by atoms with Gasteiger partial charge < -0.3 is 19.6 Å². The Kier molecular flexibility index (Phi) is 3.24. The lowest BCUT2D eigenvalue weighted by Gasteiger charge is -2.32. The maximum Gasteiger partial charge on any atom is 0.332 e. The van der Waals surface area contributed by atoms with Crippen LogP contribution in [0.1, 0.15) is 33.4 Å². The monoisotopic (exact) mass is 364 g/mol. The number of carbonyl (C=O) groups excluding carboxylic acids is 1. The van der Waals surface area contributed by atoms with Crippen molar-refractivity contribution in [2.24, 2.45) is 0 Å². The number of H-pyrrole nitrogens is 1. The number of imidazole rings is 1. The zero-order valence-electron chi connectivity index (χ0n) is 14.3. The van der Waals surface area contributed by atoms with E-state index < -0.39 is 17.9 Å². The molecule has 1 aromatic carbocycles. The number of hydrogen-bond donors (Lipinski definition) is 2. The molecule has 0 saturated carbocycles. The van der Waals surface area contributed by atoms with Crippen molar-refractivity contribution in [3.63, 3.8) is 0 Å². The maximum atomic E-state index is 13.2. The molecule has 2 aliphatic rings. The van der Waals surface area contributed by atoms with E-state index in [-0.39, 0.29) is 17.5 Å². The van der Waals surface area contributed by atoms with Crippen molar-refractivity contribution in [3.8, 4) is 0 Å². The lowest BCUT2D eigenvalue weighted by molar-refractivity contribution is -0.143. The van der Waals surface area contributed by atoms with E-state index in [1.807, 2.05) is 16.7 Å². The molecule has 1 atom stereocenters. The number of nitrogens with one attached hydrogen (secondary N) is 1. The first-order valence-corrected chi connectivity index (χ1v) is 8.77. The van der Waals surface area contributed by atoms with Gasteiger partial charge in [-0.25, -0.2) is 9.78 Å². The van der Waals surface area contributed by atoms with Crippen LogP contribution >= 0.6 is 0 Å². The van der Waals surface area contributed by atoms with Crippen molar-refractivity contribution in [2.75, 3.05) is 6.54 Å². The molecule has 2 aliphatic heterocycles. The molecular weight excluding hydrogens is 348 g/mol. The number of fused-ring (bicyclic) bond motifs is 1. The van der Waals surface area contributed by atoms with Crippen LogP contribution < -0.4 is 5.43 Å². The van der Waals surface area contributed by atoms with Crippen LogP contribution in [0.5, 0.6) is 0 Å². The van der Waals surface area contributed by atoms with Crippen molar-refractivity contribution in [3.05, 3.63) is 63.5 Å². The molecular formula is C19H16N4O4. The molecule has 1 amide bonds. The van der Waals surface area contributed by atoms with E-state index in [0.29, 0.717) is 29.7 Å². The third-order valence-corrected chi connectivity index (χ3v) is 5.45. The van der Waals surface area contributed by atoms with E-state index in [1.165, 1.54) is 11.2 Å². The predicted molar refractivity (Wildman–Crippen MR) is 95.6 cm³/mol. The maximum absolute atomic E-state index is 13.2. The standard InChI is InChI=1S/C19H16N4O4/c24-17-11-3-1-2-10-4-6-22(15(10)11)8-12(17)18(25)23-7-5-13-14(21-9-20-13)16(23)19(26)27/h1-3,8-9,16H,4-7H2,(H,20,21)(H,26,27). The summed E-state index contributed by atoms with van der Waals surface area (Å²) in [6, 6.07) is 4.32. The Morgan fingerprint density at radius 3 is 2.89 bits per heavy atom. The van der Waals surface area contributed by atoms with Crippen LogP contribution in [0.4, 0.5) is 0 Å². The van der Waals surface area contributed by atoms with Gasteiger partial charge >= 0.3 is 5.97 Å². The molecule has 2 N–H and O–H groups in total. The number of carbonyl (C=O) groups is 2. The molecule has 136 valence electrons. The Morgan fingerprint density at radius 2 is 2.07 bits per heavy atom. The summed E-state index contributed by atoms with van der Waals surface area (Å²) in [4.78, 5) is 46.3. The van der Waals surface area contributed by atoms with Crippen LogP contribution in [0.3, 0.4) is 0 Å². The van der Waals surface area contributed by atoms with Crippen LogP contribution in [0.25, 0.3) is 10.9 Å². The van der Waals surface area contributed by atoms with Crippen LogP contribution in [-0.4, -0.2) is 43.0 Å². The summed E-state index contributed by atoms with van der Waals surface area (Å²) >= 11 is 0. The summed E-state index contributed by atoms with van der Waals surface area (Å²) in [5, 5.41) is 10.2.